The normalized spacial score (nSPS) is 12.3. The molecule has 0 aliphatic rings. The maximum atomic E-state index is 10.7. The Bertz CT molecular complexity index is 324. The zero-order chi connectivity index (χ0) is 14.1. The molecular weight excluding hydrogens is 333 g/mol. The van der Waals surface area contributed by atoms with Crippen molar-refractivity contribution in [3.63, 3.8) is 0 Å². The molecule has 1 unspecified atom stereocenters. The summed E-state index contributed by atoms with van der Waals surface area (Å²) in [6, 6.07) is 0. The maximum Gasteiger partial charge on any atom is 1.00 e. The molecule has 0 radical (unpaired) electrons. The molecule has 0 aromatic rings. The van der Waals surface area contributed by atoms with E-state index in [9.17, 15) is 13.0 Å². The summed E-state index contributed by atoms with van der Waals surface area (Å²) in [5, 5.41) is -0.651. The second-order valence-electron chi connectivity index (χ2n) is 3.54. The summed E-state index contributed by atoms with van der Waals surface area (Å²) in [6.45, 7) is 3.88. The van der Waals surface area contributed by atoms with Crippen LogP contribution in [0.15, 0.2) is 0 Å². The summed E-state index contributed by atoms with van der Waals surface area (Å²) in [5.74, 6) is 0. The summed E-state index contributed by atoms with van der Waals surface area (Å²) >= 11 is 0. The van der Waals surface area contributed by atoms with Crippen LogP contribution in [-0.2, 0) is 14.7 Å². The molecule has 0 aliphatic carbocycles. The van der Waals surface area contributed by atoms with Gasteiger partial charge in [-0.3, -0.25) is 4.57 Å². The second kappa shape index (κ2) is 15.5. The molecule has 0 saturated heterocycles. The number of rotatable bonds is 6. The van der Waals surface area contributed by atoms with Crippen molar-refractivity contribution in [2.45, 2.75) is 51.2 Å². The van der Waals surface area contributed by atoms with Crippen LogP contribution in [0.25, 0.3) is 0 Å². The van der Waals surface area contributed by atoms with Gasteiger partial charge in [0, 0.05) is 5.25 Å². The van der Waals surface area contributed by atoms with Gasteiger partial charge in [-0.05, 0) is 12.8 Å². The van der Waals surface area contributed by atoms with Gasteiger partial charge in [-0.2, -0.15) is 0 Å². The van der Waals surface area contributed by atoms with Crippen molar-refractivity contribution in [2.24, 2.45) is 0 Å². The van der Waals surface area contributed by atoms with Gasteiger partial charge in [0.1, 0.15) is 0 Å². The van der Waals surface area contributed by atoms with Crippen molar-refractivity contribution in [3.05, 3.63) is 0 Å². The van der Waals surface area contributed by atoms with Crippen molar-refractivity contribution < 1.29 is 113 Å². The van der Waals surface area contributed by atoms with Gasteiger partial charge in [-0.1, -0.05) is 33.1 Å². The van der Waals surface area contributed by atoms with Crippen LogP contribution in [0.2, 0.25) is 0 Å². The molecule has 2 N–H and O–H groups in total. The van der Waals surface area contributed by atoms with Gasteiger partial charge in [0.05, 0.1) is 10.1 Å². The minimum atomic E-state index is -4.89. The van der Waals surface area contributed by atoms with Crippen molar-refractivity contribution in [1.29, 1.82) is 0 Å². The summed E-state index contributed by atoms with van der Waals surface area (Å²) in [7, 11) is -8.94. The largest absolute Gasteiger partial charge is 1.00 e. The van der Waals surface area contributed by atoms with Crippen LogP contribution in [0.5, 0.6) is 0 Å². The molecule has 0 spiro atoms. The van der Waals surface area contributed by atoms with Gasteiger partial charge in [0.15, 0.2) is 0 Å². The molecule has 0 heterocycles. The average Bonchev–Trinajstić information content (AvgIpc) is 2.07. The van der Waals surface area contributed by atoms with Gasteiger partial charge in [-0.25, -0.2) is 8.42 Å². The minimum absolute atomic E-state index is 0. The van der Waals surface area contributed by atoms with E-state index < -0.39 is 23.2 Å². The van der Waals surface area contributed by atoms with Gasteiger partial charge in [0.2, 0.25) is 0 Å². The van der Waals surface area contributed by atoms with E-state index in [2.05, 4.69) is 0 Å². The van der Waals surface area contributed by atoms with Crippen LogP contribution < -0.4 is 85.8 Å². The Morgan fingerprint density at radius 3 is 1.74 bits per heavy atom. The quantitative estimate of drug-likeness (QED) is 0.276. The summed E-state index contributed by atoms with van der Waals surface area (Å²) < 4.78 is 40.8. The molecule has 0 aromatic heterocycles. The fourth-order valence-electron chi connectivity index (χ4n) is 1.19. The zero-order valence-electron chi connectivity index (χ0n) is 11.9. The minimum Gasteiger partial charge on any atom is -0.756 e. The third kappa shape index (κ3) is 29.3. The SMILES string of the molecule is CCCCC(CCC)S(=O)(=O)[O-].O=P([O-])(O)O.[K+].[Na+]. The molecular formula is C8H19KNaO7PS. The zero-order valence-corrected chi connectivity index (χ0v) is 18.7. The van der Waals surface area contributed by atoms with Crippen molar-refractivity contribution in [2.75, 3.05) is 0 Å². The third-order valence-electron chi connectivity index (χ3n) is 1.90. The monoisotopic (exact) mass is 352 g/mol. The molecule has 7 nitrogen and oxygen atoms in total. The Kier molecular flexibility index (Phi) is 24.3. The molecule has 106 valence electrons. The Morgan fingerprint density at radius 1 is 1.16 bits per heavy atom. The van der Waals surface area contributed by atoms with Gasteiger partial charge in [-0.15, -0.1) is 0 Å². The maximum absolute atomic E-state index is 10.7. The number of hydrogen-bond acceptors (Lipinski definition) is 5. The van der Waals surface area contributed by atoms with Crippen molar-refractivity contribution >= 4 is 17.9 Å². The van der Waals surface area contributed by atoms with E-state index in [0.29, 0.717) is 12.8 Å². The molecule has 0 saturated carbocycles. The smallest absolute Gasteiger partial charge is 0.756 e. The number of phosphoric acid groups is 1. The van der Waals surface area contributed by atoms with Crippen molar-refractivity contribution in [3.8, 4) is 0 Å². The Labute approximate surface area is 179 Å². The van der Waals surface area contributed by atoms with Crippen LogP contribution in [0.3, 0.4) is 0 Å². The first-order valence-electron chi connectivity index (χ1n) is 5.23. The molecule has 11 heteroatoms. The predicted molar refractivity (Wildman–Crippen MR) is 60.0 cm³/mol. The molecule has 19 heavy (non-hydrogen) atoms. The molecule has 0 rings (SSSR count). The van der Waals surface area contributed by atoms with E-state index in [4.69, 9.17) is 19.2 Å². The predicted octanol–water partition coefficient (Wildman–Crippen LogP) is -5.66. The topological polar surface area (TPSA) is 138 Å². The van der Waals surface area contributed by atoms with E-state index in [1.807, 2.05) is 13.8 Å². The Morgan fingerprint density at radius 2 is 1.53 bits per heavy atom. The first-order valence-corrected chi connectivity index (χ1v) is 8.23. The van der Waals surface area contributed by atoms with E-state index in [-0.39, 0.29) is 80.9 Å². The Balaban J connectivity index is -0.000000139. The van der Waals surface area contributed by atoms with E-state index in [1.54, 1.807) is 0 Å². The standard InChI is InChI=1S/C8H18O3S.K.Na.H3O4P/c1-3-5-7-8(6-4-2)12(9,10)11;;;1-5(2,3)4/h8H,3-7H2,1-2H3,(H,9,10,11);;;(H3,1,2,3,4)/q;2*+1;/p-2. The fourth-order valence-corrected chi connectivity index (χ4v) is 2.17. The fraction of sp³-hybridized carbons (Fsp3) is 1.00. The number of hydrogen-bond donors (Lipinski definition) is 2. The van der Waals surface area contributed by atoms with Gasteiger partial charge in [0.25, 0.3) is 7.82 Å². The second-order valence-corrected chi connectivity index (χ2v) is 6.17. The summed E-state index contributed by atoms with van der Waals surface area (Å²) in [5.41, 5.74) is 0. The molecule has 0 fully saturated rings. The molecule has 1 atom stereocenters. The van der Waals surface area contributed by atoms with E-state index in [1.165, 1.54) is 0 Å². The number of unbranched alkanes of at least 4 members (excludes halogenated alkanes) is 1. The van der Waals surface area contributed by atoms with E-state index >= 15 is 0 Å². The molecule has 0 amide bonds. The first-order chi connectivity index (χ1) is 7.52. The molecule has 0 aliphatic heterocycles. The summed E-state index contributed by atoms with van der Waals surface area (Å²) in [6.07, 6.45) is 3.56. The van der Waals surface area contributed by atoms with Crippen molar-refractivity contribution in [1.82, 2.24) is 0 Å². The molecule has 0 bridgehead atoms. The van der Waals surface area contributed by atoms with Gasteiger partial charge >= 0.3 is 80.9 Å². The third-order valence-corrected chi connectivity index (χ3v) is 3.19. The summed E-state index contributed by atoms with van der Waals surface area (Å²) in [4.78, 5) is 22.9. The Hall–Kier alpha value is 2.66. The van der Waals surface area contributed by atoms with Crippen LogP contribution >= 0.6 is 7.82 Å². The first kappa shape index (κ1) is 29.6. The van der Waals surface area contributed by atoms with Gasteiger partial charge < -0.3 is 19.2 Å². The van der Waals surface area contributed by atoms with E-state index in [0.717, 1.165) is 19.3 Å². The van der Waals surface area contributed by atoms with Crippen LogP contribution in [-0.4, -0.2) is 28.0 Å². The van der Waals surface area contributed by atoms with Crippen LogP contribution in [0.1, 0.15) is 46.0 Å². The average molecular weight is 352 g/mol. The van der Waals surface area contributed by atoms with Crippen LogP contribution in [0, 0.1) is 0 Å². The van der Waals surface area contributed by atoms with Crippen LogP contribution in [0.4, 0.5) is 0 Å². The molecule has 0 aromatic carbocycles.